The molecule has 0 fully saturated rings. The molecule has 0 bridgehead atoms. The molecule has 2 aromatic rings. The molecule has 1 unspecified atom stereocenters. The van der Waals surface area contributed by atoms with Crippen LogP contribution in [-0.2, 0) is 0 Å². The Kier molecular flexibility index (Phi) is 4.15. The molecule has 18 heavy (non-hydrogen) atoms. The van der Waals surface area contributed by atoms with Crippen molar-refractivity contribution in [2.45, 2.75) is 39.7 Å². The lowest BCUT2D eigenvalue weighted by Crippen LogP contribution is -2.21. The first kappa shape index (κ1) is 12.8. The van der Waals surface area contributed by atoms with Crippen LogP contribution in [0, 0.1) is 6.92 Å². The molecule has 0 aliphatic carbocycles. The number of aromatic nitrogens is 2. The summed E-state index contributed by atoms with van der Waals surface area (Å²) in [5.41, 5.74) is 0.860. The third-order valence-electron chi connectivity index (χ3n) is 2.88. The SMILES string of the molecule is CCCNC(CC)c1nnc(-c2ccoc2C)o1. The van der Waals surface area contributed by atoms with E-state index in [1.165, 1.54) is 0 Å². The van der Waals surface area contributed by atoms with Gasteiger partial charge in [0, 0.05) is 0 Å². The van der Waals surface area contributed by atoms with Crippen LogP contribution in [0.3, 0.4) is 0 Å². The Bertz CT molecular complexity index is 490. The second kappa shape index (κ2) is 5.82. The van der Waals surface area contributed by atoms with Gasteiger partial charge in [0.1, 0.15) is 5.76 Å². The number of hydrogen-bond acceptors (Lipinski definition) is 5. The second-order valence-corrected chi connectivity index (χ2v) is 4.25. The average molecular weight is 249 g/mol. The van der Waals surface area contributed by atoms with E-state index in [1.807, 2.05) is 13.0 Å². The van der Waals surface area contributed by atoms with Gasteiger partial charge in [0.15, 0.2) is 0 Å². The highest BCUT2D eigenvalue weighted by Crippen LogP contribution is 2.25. The van der Waals surface area contributed by atoms with Gasteiger partial charge in [-0.05, 0) is 32.4 Å². The Hall–Kier alpha value is -1.62. The van der Waals surface area contributed by atoms with E-state index in [9.17, 15) is 0 Å². The minimum atomic E-state index is 0.124. The number of rotatable bonds is 6. The molecule has 0 spiro atoms. The van der Waals surface area contributed by atoms with E-state index in [0.29, 0.717) is 11.8 Å². The van der Waals surface area contributed by atoms with E-state index < -0.39 is 0 Å². The van der Waals surface area contributed by atoms with Crippen LogP contribution in [0.1, 0.15) is 44.4 Å². The van der Waals surface area contributed by atoms with Crippen LogP contribution >= 0.6 is 0 Å². The van der Waals surface area contributed by atoms with Crippen LogP contribution in [-0.4, -0.2) is 16.7 Å². The predicted molar refractivity (Wildman–Crippen MR) is 68.1 cm³/mol. The Morgan fingerprint density at radius 2 is 2.17 bits per heavy atom. The lowest BCUT2D eigenvalue weighted by atomic mass is 10.2. The average Bonchev–Trinajstić information content (AvgIpc) is 2.99. The number of nitrogens with one attached hydrogen (secondary N) is 1. The van der Waals surface area contributed by atoms with Gasteiger partial charge < -0.3 is 14.2 Å². The van der Waals surface area contributed by atoms with Crippen LogP contribution in [0.25, 0.3) is 11.5 Å². The molecule has 2 aromatic heterocycles. The highest BCUT2D eigenvalue weighted by Gasteiger charge is 2.18. The number of nitrogens with zero attached hydrogens (tertiary/aromatic N) is 2. The van der Waals surface area contributed by atoms with Gasteiger partial charge in [-0.3, -0.25) is 0 Å². The molecule has 0 aromatic carbocycles. The van der Waals surface area contributed by atoms with E-state index in [-0.39, 0.29) is 6.04 Å². The third-order valence-corrected chi connectivity index (χ3v) is 2.88. The summed E-state index contributed by atoms with van der Waals surface area (Å²) in [5, 5.41) is 11.6. The van der Waals surface area contributed by atoms with Crippen molar-refractivity contribution < 1.29 is 8.83 Å². The van der Waals surface area contributed by atoms with Gasteiger partial charge in [-0.2, -0.15) is 0 Å². The Balaban J connectivity index is 2.16. The van der Waals surface area contributed by atoms with Gasteiger partial charge in [0.2, 0.25) is 5.89 Å². The second-order valence-electron chi connectivity index (χ2n) is 4.25. The lowest BCUT2D eigenvalue weighted by Gasteiger charge is -2.11. The van der Waals surface area contributed by atoms with Gasteiger partial charge in [-0.25, -0.2) is 0 Å². The maximum atomic E-state index is 5.71. The first-order chi connectivity index (χ1) is 8.76. The Morgan fingerprint density at radius 3 is 2.78 bits per heavy atom. The zero-order valence-electron chi connectivity index (χ0n) is 11.1. The molecule has 1 atom stereocenters. The van der Waals surface area contributed by atoms with Crippen molar-refractivity contribution in [3.8, 4) is 11.5 Å². The molecule has 2 rings (SSSR count). The van der Waals surface area contributed by atoms with Gasteiger partial charge in [0.25, 0.3) is 5.89 Å². The van der Waals surface area contributed by atoms with Crippen molar-refractivity contribution in [3.63, 3.8) is 0 Å². The molecule has 0 radical (unpaired) electrons. The van der Waals surface area contributed by atoms with E-state index in [4.69, 9.17) is 8.83 Å². The van der Waals surface area contributed by atoms with Gasteiger partial charge >= 0.3 is 0 Å². The lowest BCUT2D eigenvalue weighted by molar-refractivity contribution is 0.396. The molecular weight excluding hydrogens is 230 g/mol. The minimum absolute atomic E-state index is 0.124. The topological polar surface area (TPSA) is 64.1 Å². The Morgan fingerprint density at radius 1 is 1.33 bits per heavy atom. The molecule has 1 N–H and O–H groups in total. The maximum absolute atomic E-state index is 5.71. The highest BCUT2D eigenvalue weighted by atomic mass is 16.4. The summed E-state index contributed by atoms with van der Waals surface area (Å²) < 4.78 is 11.0. The number of furan rings is 1. The van der Waals surface area contributed by atoms with Crippen molar-refractivity contribution in [1.29, 1.82) is 0 Å². The summed E-state index contributed by atoms with van der Waals surface area (Å²) in [6, 6.07) is 1.96. The molecule has 0 saturated heterocycles. The van der Waals surface area contributed by atoms with E-state index in [1.54, 1.807) is 6.26 Å². The van der Waals surface area contributed by atoms with Crippen LogP contribution in [0.2, 0.25) is 0 Å². The van der Waals surface area contributed by atoms with Crippen LogP contribution in [0.4, 0.5) is 0 Å². The number of aryl methyl sites for hydroxylation is 1. The predicted octanol–water partition coefficient (Wildman–Crippen LogP) is 3.09. The van der Waals surface area contributed by atoms with Crippen LogP contribution in [0.5, 0.6) is 0 Å². The fourth-order valence-electron chi connectivity index (χ4n) is 1.82. The zero-order chi connectivity index (χ0) is 13.0. The van der Waals surface area contributed by atoms with E-state index >= 15 is 0 Å². The molecule has 2 heterocycles. The normalized spacial score (nSPS) is 12.8. The van der Waals surface area contributed by atoms with Crippen molar-refractivity contribution in [2.75, 3.05) is 6.54 Å². The van der Waals surface area contributed by atoms with Gasteiger partial charge in [-0.1, -0.05) is 13.8 Å². The summed E-state index contributed by atoms with van der Waals surface area (Å²) in [4.78, 5) is 0. The first-order valence-corrected chi connectivity index (χ1v) is 6.37. The fraction of sp³-hybridized carbons (Fsp3) is 0.538. The summed E-state index contributed by atoms with van der Waals surface area (Å²) >= 11 is 0. The highest BCUT2D eigenvalue weighted by molar-refractivity contribution is 5.54. The van der Waals surface area contributed by atoms with Crippen molar-refractivity contribution in [3.05, 3.63) is 24.0 Å². The standard InChI is InChI=1S/C13H19N3O2/c1-4-7-14-11(5-2)13-16-15-12(18-13)10-6-8-17-9(10)3/h6,8,11,14H,4-5,7H2,1-3H3. The summed E-state index contributed by atoms with van der Waals surface area (Å²) in [6.07, 6.45) is 3.63. The largest absolute Gasteiger partial charge is 0.469 e. The molecule has 0 aliphatic heterocycles. The van der Waals surface area contributed by atoms with Crippen LogP contribution < -0.4 is 5.32 Å². The zero-order valence-corrected chi connectivity index (χ0v) is 11.1. The number of hydrogen-bond donors (Lipinski definition) is 1. The van der Waals surface area contributed by atoms with Crippen molar-refractivity contribution >= 4 is 0 Å². The summed E-state index contributed by atoms with van der Waals surface area (Å²) in [5.74, 6) is 1.95. The molecule has 5 heteroatoms. The fourth-order valence-corrected chi connectivity index (χ4v) is 1.82. The van der Waals surface area contributed by atoms with E-state index in [2.05, 4.69) is 29.4 Å². The molecular formula is C13H19N3O2. The molecule has 0 aliphatic rings. The van der Waals surface area contributed by atoms with E-state index in [0.717, 1.165) is 30.7 Å². The van der Waals surface area contributed by atoms with Gasteiger partial charge in [-0.15, -0.1) is 10.2 Å². The quantitative estimate of drug-likeness (QED) is 0.852. The smallest absolute Gasteiger partial charge is 0.251 e. The molecule has 98 valence electrons. The van der Waals surface area contributed by atoms with Crippen molar-refractivity contribution in [2.24, 2.45) is 0 Å². The monoisotopic (exact) mass is 249 g/mol. The maximum Gasteiger partial charge on any atom is 0.251 e. The Labute approximate surface area is 107 Å². The third kappa shape index (κ3) is 2.61. The summed E-state index contributed by atoms with van der Waals surface area (Å²) in [6.45, 7) is 7.06. The molecule has 0 amide bonds. The van der Waals surface area contributed by atoms with Gasteiger partial charge in [0.05, 0.1) is 17.9 Å². The first-order valence-electron chi connectivity index (χ1n) is 6.37. The summed E-state index contributed by atoms with van der Waals surface area (Å²) in [7, 11) is 0. The molecule has 5 nitrogen and oxygen atoms in total. The molecule has 0 saturated carbocycles. The van der Waals surface area contributed by atoms with Crippen LogP contribution in [0.15, 0.2) is 21.2 Å². The van der Waals surface area contributed by atoms with Crippen molar-refractivity contribution in [1.82, 2.24) is 15.5 Å². The minimum Gasteiger partial charge on any atom is -0.469 e.